The van der Waals surface area contributed by atoms with Crippen LogP contribution in [-0.2, 0) is 0 Å². The molecule has 1 aromatic carbocycles. The second-order valence-electron chi connectivity index (χ2n) is 6.69. The van der Waals surface area contributed by atoms with Gasteiger partial charge >= 0.3 is 6.03 Å². The quantitative estimate of drug-likeness (QED) is 0.782. The number of hydrogen-bond donors (Lipinski definition) is 3. The molecule has 1 aliphatic carbocycles. The van der Waals surface area contributed by atoms with E-state index >= 15 is 0 Å². The number of benzene rings is 1. The van der Waals surface area contributed by atoms with Crippen molar-refractivity contribution < 1.29 is 9.90 Å². The summed E-state index contributed by atoms with van der Waals surface area (Å²) in [6.45, 7) is 2.49. The number of carbonyl (C=O) groups is 1. The molecule has 0 aromatic heterocycles. The molecule has 3 N–H and O–H groups in total. The van der Waals surface area contributed by atoms with Crippen LogP contribution >= 0.6 is 0 Å². The lowest BCUT2D eigenvalue weighted by molar-refractivity contribution is 0.150. The number of anilines is 2. The third kappa shape index (κ3) is 4.86. The minimum absolute atomic E-state index is 0.252. The van der Waals surface area contributed by atoms with Gasteiger partial charge in [-0.2, -0.15) is 0 Å². The van der Waals surface area contributed by atoms with Crippen molar-refractivity contribution in [1.82, 2.24) is 5.32 Å². The molecule has 1 aliphatic heterocycles. The van der Waals surface area contributed by atoms with E-state index in [1.807, 2.05) is 18.2 Å². The van der Waals surface area contributed by atoms with E-state index in [1.54, 1.807) is 0 Å². The lowest BCUT2D eigenvalue weighted by atomic mass is 10.2. The highest BCUT2D eigenvalue weighted by Crippen LogP contribution is 2.32. The van der Waals surface area contributed by atoms with Crippen LogP contribution in [0.3, 0.4) is 0 Å². The number of amides is 2. The summed E-state index contributed by atoms with van der Waals surface area (Å²) in [4.78, 5) is 14.4. The van der Waals surface area contributed by atoms with Crippen LogP contribution in [0, 0.1) is 5.92 Å². The summed E-state index contributed by atoms with van der Waals surface area (Å²) in [6, 6.07) is 7.76. The van der Waals surface area contributed by atoms with E-state index in [-0.39, 0.29) is 6.03 Å². The number of nitrogens with one attached hydrogen (secondary N) is 2. The second kappa shape index (κ2) is 7.68. The molecule has 3 rings (SSSR count). The fourth-order valence-electron chi connectivity index (χ4n) is 3.13. The number of carbonyl (C=O) groups excluding carboxylic acids is 1. The number of rotatable bonds is 5. The molecule has 5 nitrogen and oxygen atoms in total. The lowest BCUT2D eigenvalue weighted by Gasteiger charge is -2.23. The smallest absolute Gasteiger partial charge is 0.319 e. The fourth-order valence-corrected chi connectivity index (χ4v) is 3.13. The molecule has 0 radical (unpaired) electrons. The van der Waals surface area contributed by atoms with Gasteiger partial charge in [0, 0.05) is 31.0 Å². The molecule has 1 heterocycles. The summed E-state index contributed by atoms with van der Waals surface area (Å²) in [5.41, 5.74) is 1.97. The molecule has 0 bridgehead atoms. The van der Waals surface area contributed by atoms with Crippen LogP contribution in [0.15, 0.2) is 24.3 Å². The molecule has 1 atom stereocenters. The first-order valence-electron chi connectivity index (χ1n) is 8.80. The van der Waals surface area contributed by atoms with Crippen LogP contribution in [0.2, 0.25) is 0 Å². The van der Waals surface area contributed by atoms with Gasteiger partial charge in [-0.1, -0.05) is 18.9 Å². The molecule has 23 heavy (non-hydrogen) atoms. The van der Waals surface area contributed by atoms with E-state index in [4.69, 9.17) is 0 Å². The van der Waals surface area contributed by atoms with E-state index in [9.17, 15) is 9.90 Å². The lowest BCUT2D eigenvalue weighted by Crippen LogP contribution is -2.36. The summed E-state index contributed by atoms with van der Waals surface area (Å²) in [5, 5.41) is 15.4. The van der Waals surface area contributed by atoms with Crippen LogP contribution in [-0.4, -0.2) is 36.9 Å². The number of hydrogen-bond acceptors (Lipinski definition) is 3. The maximum Gasteiger partial charge on any atom is 0.319 e. The van der Waals surface area contributed by atoms with Crippen molar-refractivity contribution in [3.8, 4) is 0 Å². The van der Waals surface area contributed by atoms with Crippen molar-refractivity contribution in [2.24, 2.45) is 5.92 Å². The molecule has 1 aromatic rings. The molecule has 126 valence electrons. The zero-order chi connectivity index (χ0) is 16.1. The van der Waals surface area contributed by atoms with Gasteiger partial charge < -0.3 is 20.6 Å². The van der Waals surface area contributed by atoms with Crippen LogP contribution in [0.25, 0.3) is 0 Å². The molecule has 0 spiro atoms. The van der Waals surface area contributed by atoms with Crippen LogP contribution in [0.4, 0.5) is 16.2 Å². The largest absolute Gasteiger partial charge is 0.391 e. The van der Waals surface area contributed by atoms with Gasteiger partial charge in [0.15, 0.2) is 0 Å². The van der Waals surface area contributed by atoms with Gasteiger partial charge in [0.05, 0.1) is 6.10 Å². The number of nitrogens with zero attached hydrogens (tertiary/aromatic N) is 1. The minimum atomic E-state index is -0.413. The zero-order valence-electron chi connectivity index (χ0n) is 13.6. The van der Waals surface area contributed by atoms with Gasteiger partial charge in [-0.15, -0.1) is 0 Å². The molecule has 0 unspecified atom stereocenters. The van der Waals surface area contributed by atoms with Crippen molar-refractivity contribution in [3.63, 3.8) is 0 Å². The summed E-state index contributed by atoms with van der Waals surface area (Å²) >= 11 is 0. The Morgan fingerprint density at radius 3 is 2.65 bits per heavy atom. The normalized spacial score (nSPS) is 19.8. The van der Waals surface area contributed by atoms with E-state index in [0.29, 0.717) is 12.5 Å². The van der Waals surface area contributed by atoms with Gasteiger partial charge in [-0.25, -0.2) is 4.79 Å². The maximum atomic E-state index is 12.0. The standard InChI is InChI=1S/C18H27N3O2/c22-17(14-8-9-14)13-19-18(23)20-15-6-5-7-16(12-15)21-10-3-1-2-4-11-21/h5-7,12,14,17,22H,1-4,8-11,13H2,(H2,19,20,23)/t17-/m1/s1. The summed E-state index contributed by atoms with van der Waals surface area (Å²) in [6.07, 6.45) is 6.81. The Hall–Kier alpha value is -1.75. The Labute approximate surface area is 138 Å². The molecule has 2 fully saturated rings. The average Bonchev–Trinajstić information content (AvgIpc) is 3.39. The van der Waals surface area contributed by atoms with Gasteiger partial charge in [0.25, 0.3) is 0 Å². The van der Waals surface area contributed by atoms with Crippen molar-refractivity contribution >= 4 is 17.4 Å². The third-order valence-corrected chi connectivity index (χ3v) is 4.71. The van der Waals surface area contributed by atoms with Gasteiger partial charge in [-0.3, -0.25) is 0 Å². The van der Waals surface area contributed by atoms with E-state index in [1.165, 1.54) is 31.4 Å². The molecule has 5 heteroatoms. The van der Waals surface area contributed by atoms with Gasteiger partial charge in [0.2, 0.25) is 0 Å². The number of urea groups is 1. The maximum absolute atomic E-state index is 12.0. The molecule has 2 amide bonds. The van der Waals surface area contributed by atoms with Crippen molar-refractivity contribution in [3.05, 3.63) is 24.3 Å². The number of aliphatic hydroxyl groups is 1. The Kier molecular flexibility index (Phi) is 5.39. The summed E-state index contributed by atoms with van der Waals surface area (Å²) < 4.78 is 0. The molecule has 1 saturated carbocycles. The Morgan fingerprint density at radius 1 is 1.22 bits per heavy atom. The first-order chi connectivity index (χ1) is 11.2. The van der Waals surface area contributed by atoms with Gasteiger partial charge in [-0.05, 0) is 49.8 Å². The van der Waals surface area contributed by atoms with E-state index in [2.05, 4.69) is 21.6 Å². The zero-order valence-corrected chi connectivity index (χ0v) is 13.6. The van der Waals surface area contributed by atoms with E-state index in [0.717, 1.165) is 31.6 Å². The average molecular weight is 317 g/mol. The topological polar surface area (TPSA) is 64.6 Å². The molecule has 2 aliphatic rings. The van der Waals surface area contributed by atoms with Crippen molar-refractivity contribution in [2.75, 3.05) is 29.9 Å². The first-order valence-corrected chi connectivity index (χ1v) is 8.80. The van der Waals surface area contributed by atoms with Crippen LogP contribution in [0.1, 0.15) is 38.5 Å². The Morgan fingerprint density at radius 2 is 1.96 bits per heavy atom. The predicted octanol–water partition coefficient (Wildman–Crippen LogP) is 2.96. The van der Waals surface area contributed by atoms with Crippen molar-refractivity contribution in [1.29, 1.82) is 0 Å². The second-order valence-corrected chi connectivity index (χ2v) is 6.69. The molecular weight excluding hydrogens is 290 g/mol. The highest BCUT2D eigenvalue weighted by atomic mass is 16.3. The van der Waals surface area contributed by atoms with E-state index < -0.39 is 6.10 Å². The SMILES string of the molecule is O=C(NC[C@@H](O)C1CC1)Nc1cccc(N2CCCCCC2)c1. The molecular formula is C18H27N3O2. The van der Waals surface area contributed by atoms with Gasteiger partial charge in [0.1, 0.15) is 0 Å². The van der Waals surface area contributed by atoms with Crippen molar-refractivity contribution in [2.45, 2.75) is 44.6 Å². The minimum Gasteiger partial charge on any atom is -0.391 e. The highest BCUT2D eigenvalue weighted by molar-refractivity contribution is 5.89. The monoisotopic (exact) mass is 317 g/mol. The predicted molar refractivity (Wildman–Crippen MR) is 92.9 cm³/mol. The first kappa shape index (κ1) is 16.1. The third-order valence-electron chi connectivity index (χ3n) is 4.71. The Balaban J connectivity index is 1.52. The summed E-state index contributed by atoms with van der Waals surface area (Å²) in [7, 11) is 0. The van der Waals surface area contributed by atoms with Crippen LogP contribution in [0.5, 0.6) is 0 Å². The molecule has 1 saturated heterocycles. The number of aliphatic hydroxyl groups excluding tert-OH is 1. The highest BCUT2D eigenvalue weighted by Gasteiger charge is 2.29. The fraction of sp³-hybridized carbons (Fsp3) is 0.611. The summed E-state index contributed by atoms with van der Waals surface area (Å²) in [5.74, 6) is 0.377. The van der Waals surface area contributed by atoms with Crippen LogP contribution < -0.4 is 15.5 Å². The Bertz CT molecular complexity index is 523.